The summed E-state index contributed by atoms with van der Waals surface area (Å²) in [6.07, 6.45) is 1.47. The number of carbonyl (C=O) groups is 1. The SMILES string of the molecule is COC(=O)C1(CSc2cccc[n+]2[O-])CN(Cc2ccccc2)C1. The third kappa shape index (κ3) is 3.55. The summed E-state index contributed by atoms with van der Waals surface area (Å²) in [5, 5.41) is 12.4. The number of benzene rings is 1. The summed E-state index contributed by atoms with van der Waals surface area (Å²) in [7, 11) is 1.42. The fourth-order valence-corrected chi connectivity index (χ4v) is 4.08. The van der Waals surface area contributed by atoms with Gasteiger partial charge in [-0.25, -0.2) is 0 Å². The van der Waals surface area contributed by atoms with E-state index in [1.54, 1.807) is 12.1 Å². The Hall–Kier alpha value is -2.05. The number of esters is 1. The zero-order chi connectivity index (χ0) is 17.0. The minimum atomic E-state index is -0.545. The third-order valence-corrected chi connectivity index (χ3v) is 5.51. The Balaban J connectivity index is 1.63. The monoisotopic (exact) mass is 344 g/mol. The lowest BCUT2D eigenvalue weighted by molar-refractivity contribution is -0.645. The van der Waals surface area contributed by atoms with Crippen LogP contribution in [-0.2, 0) is 16.1 Å². The van der Waals surface area contributed by atoms with E-state index in [0.29, 0.717) is 23.9 Å². The van der Waals surface area contributed by atoms with Crippen molar-refractivity contribution in [3.8, 4) is 0 Å². The Morgan fingerprint density at radius 2 is 1.96 bits per heavy atom. The summed E-state index contributed by atoms with van der Waals surface area (Å²) < 4.78 is 5.84. The summed E-state index contributed by atoms with van der Waals surface area (Å²) >= 11 is 1.40. The first-order chi connectivity index (χ1) is 11.6. The van der Waals surface area contributed by atoms with E-state index in [4.69, 9.17) is 4.74 Å². The molecule has 0 atom stereocenters. The number of likely N-dealkylation sites (tertiary alicyclic amines) is 1. The van der Waals surface area contributed by atoms with Crippen LogP contribution in [0.3, 0.4) is 0 Å². The highest BCUT2D eigenvalue weighted by Crippen LogP contribution is 2.37. The molecular formula is C18H20N2O3S. The molecule has 0 bridgehead atoms. The molecule has 5 nitrogen and oxygen atoms in total. The number of hydrogen-bond acceptors (Lipinski definition) is 5. The lowest BCUT2D eigenvalue weighted by Crippen LogP contribution is -2.61. The molecule has 0 spiro atoms. The maximum atomic E-state index is 12.3. The van der Waals surface area contributed by atoms with Crippen LogP contribution in [-0.4, -0.2) is 36.8 Å². The van der Waals surface area contributed by atoms with Gasteiger partial charge in [-0.1, -0.05) is 42.1 Å². The summed E-state index contributed by atoms with van der Waals surface area (Å²) in [5.41, 5.74) is 0.681. The molecule has 1 fully saturated rings. The van der Waals surface area contributed by atoms with Crippen LogP contribution in [0.5, 0.6) is 0 Å². The minimum Gasteiger partial charge on any atom is -0.618 e. The van der Waals surface area contributed by atoms with E-state index in [1.807, 2.05) is 24.3 Å². The third-order valence-electron chi connectivity index (χ3n) is 4.20. The number of nitrogens with zero attached hydrogens (tertiary/aromatic N) is 2. The van der Waals surface area contributed by atoms with Crippen LogP contribution < -0.4 is 4.73 Å². The van der Waals surface area contributed by atoms with Crippen molar-refractivity contribution in [2.45, 2.75) is 11.6 Å². The minimum absolute atomic E-state index is 0.201. The van der Waals surface area contributed by atoms with E-state index in [-0.39, 0.29) is 5.97 Å². The predicted octanol–water partition coefficient (Wildman–Crippen LogP) is 2.09. The van der Waals surface area contributed by atoms with E-state index in [2.05, 4.69) is 17.0 Å². The van der Waals surface area contributed by atoms with Crippen molar-refractivity contribution >= 4 is 17.7 Å². The average molecular weight is 344 g/mol. The van der Waals surface area contributed by atoms with Crippen molar-refractivity contribution in [2.75, 3.05) is 26.0 Å². The summed E-state index contributed by atoms with van der Waals surface area (Å²) in [4.78, 5) is 14.5. The molecule has 1 aliphatic heterocycles. The van der Waals surface area contributed by atoms with Crippen molar-refractivity contribution in [1.29, 1.82) is 0 Å². The van der Waals surface area contributed by atoms with Crippen LogP contribution in [0.1, 0.15) is 5.56 Å². The molecule has 1 aromatic heterocycles. The van der Waals surface area contributed by atoms with E-state index < -0.39 is 5.41 Å². The molecule has 0 N–H and O–H groups in total. The Kier molecular flexibility index (Phi) is 5.06. The van der Waals surface area contributed by atoms with Gasteiger partial charge in [-0.2, -0.15) is 4.73 Å². The summed E-state index contributed by atoms with van der Waals surface area (Å²) in [5.74, 6) is 0.338. The molecule has 0 saturated carbocycles. The van der Waals surface area contributed by atoms with E-state index >= 15 is 0 Å². The van der Waals surface area contributed by atoms with Gasteiger partial charge in [0.25, 0.3) is 5.03 Å². The number of methoxy groups -OCH3 is 1. The van der Waals surface area contributed by atoms with Crippen molar-refractivity contribution in [3.05, 3.63) is 65.5 Å². The van der Waals surface area contributed by atoms with Gasteiger partial charge >= 0.3 is 5.97 Å². The molecule has 0 unspecified atom stereocenters. The second kappa shape index (κ2) is 7.23. The number of hydrogen-bond donors (Lipinski definition) is 0. The molecule has 1 aromatic carbocycles. The van der Waals surface area contributed by atoms with Gasteiger partial charge in [0, 0.05) is 37.5 Å². The molecule has 2 aromatic rings. The van der Waals surface area contributed by atoms with Crippen LogP contribution >= 0.6 is 11.8 Å². The topological polar surface area (TPSA) is 56.5 Å². The quantitative estimate of drug-likeness (QED) is 0.348. The Morgan fingerprint density at radius 1 is 1.25 bits per heavy atom. The van der Waals surface area contributed by atoms with Crippen LogP contribution in [0.2, 0.25) is 0 Å². The van der Waals surface area contributed by atoms with Crippen LogP contribution in [0.4, 0.5) is 0 Å². The van der Waals surface area contributed by atoms with Gasteiger partial charge in [0.15, 0.2) is 6.20 Å². The van der Waals surface area contributed by atoms with Crippen LogP contribution in [0.15, 0.2) is 59.8 Å². The van der Waals surface area contributed by atoms with Gasteiger partial charge in [-0.3, -0.25) is 9.69 Å². The number of ether oxygens (including phenoxy) is 1. The zero-order valence-corrected chi connectivity index (χ0v) is 14.4. The number of aromatic nitrogens is 1. The fraction of sp³-hybridized carbons (Fsp3) is 0.333. The van der Waals surface area contributed by atoms with Gasteiger partial charge in [0.1, 0.15) is 5.41 Å². The molecule has 6 heteroatoms. The van der Waals surface area contributed by atoms with E-state index in [0.717, 1.165) is 11.3 Å². The van der Waals surface area contributed by atoms with Gasteiger partial charge in [0.05, 0.1) is 7.11 Å². The van der Waals surface area contributed by atoms with Crippen molar-refractivity contribution < 1.29 is 14.3 Å². The number of rotatable bonds is 6. The highest BCUT2D eigenvalue weighted by Gasteiger charge is 2.50. The van der Waals surface area contributed by atoms with Gasteiger partial charge in [0.2, 0.25) is 0 Å². The summed E-state index contributed by atoms with van der Waals surface area (Å²) in [6.45, 7) is 2.11. The van der Waals surface area contributed by atoms with Crippen LogP contribution in [0.25, 0.3) is 0 Å². The Morgan fingerprint density at radius 3 is 2.62 bits per heavy atom. The molecule has 1 saturated heterocycles. The van der Waals surface area contributed by atoms with Crippen molar-refractivity contribution in [1.82, 2.24) is 4.90 Å². The fourth-order valence-electron chi connectivity index (χ4n) is 3.00. The summed E-state index contributed by atoms with van der Waals surface area (Å²) in [6, 6.07) is 15.5. The number of pyridine rings is 1. The second-order valence-corrected chi connectivity index (χ2v) is 7.05. The van der Waals surface area contributed by atoms with E-state index in [9.17, 15) is 10.0 Å². The normalized spacial score (nSPS) is 16.4. The molecule has 126 valence electrons. The first kappa shape index (κ1) is 16.8. The second-order valence-electron chi connectivity index (χ2n) is 6.06. The first-order valence-electron chi connectivity index (χ1n) is 7.79. The molecule has 0 radical (unpaired) electrons. The largest absolute Gasteiger partial charge is 0.618 e. The standard InChI is InChI=1S/C18H20N2O3S/c1-23-17(21)18(14-24-16-9-5-6-10-20(16)22)12-19(13-18)11-15-7-3-2-4-8-15/h2-10H,11-14H2,1H3. The highest BCUT2D eigenvalue weighted by molar-refractivity contribution is 7.99. The Labute approximate surface area is 145 Å². The average Bonchev–Trinajstić information content (AvgIpc) is 2.58. The molecular weight excluding hydrogens is 324 g/mol. The maximum Gasteiger partial charge on any atom is 0.315 e. The maximum absolute atomic E-state index is 12.3. The molecule has 2 heterocycles. The Bertz CT molecular complexity index is 702. The number of thioether (sulfide) groups is 1. The van der Waals surface area contributed by atoms with Gasteiger partial charge < -0.3 is 9.94 Å². The first-order valence-corrected chi connectivity index (χ1v) is 8.77. The van der Waals surface area contributed by atoms with Gasteiger partial charge in [-0.05, 0) is 11.6 Å². The van der Waals surface area contributed by atoms with Crippen molar-refractivity contribution in [3.63, 3.8) is 0 Å². The smallest absolute Gasteiger partial charge is 0.315 e. The van der Waals surface area contributed by atoms with Crippen LogP contribution in [0, 0.1) is 10.6 Å². The highest BCUT2D eigenvalue weighted by atomic mass is 32.2. The molecule has 1 aliphatic rings. The molecule has 0 amide bonds. The molecule has 24 heavy (non-hydrogen) atoms. The lowest BCUT2D eigenvalue weighted by atomic mass is 9.81. The van der Waals surface area contributed by atoms with E-state index in [1.165, 1.54) is 30.6 Å². The predicted molar refractivity (Wildman–Crippen MR) is 92.3 cm³/mol. The lowest BCUT2D eigenvalue weighted by Gasteiger charge is -2.47. The molecule has 3 rings (SSSR count). The number of carbonyl (C=O) groups excluding carboxylic acids is 1. The van der Waals surface area contributed by atoms with Gasteiger partial charge in [-0.15, -0.1) is 0 Å². The zero-order valence-electron chi connectivity index (χ0n) is 13.6. The molecule has 0 aliphatic carbocycles. The van der Waals surface area contributed by atoms with Crippen molar-refractivity contribution in [2.24, 2.45) is 5.41 Å².